The van der Waals surface area contributed by atoms with Crippen molar-refractivity contribution in [3.8, 4) is 0 Å². The maximum absolute atomic E-state index is 12.3. The Morgan fingerprint density at radius 2 is 1.92 bits per heavy atom. The molecule has 1 N–H and O–H groups in total. The Labute approximate surface area is 156 Å². The second-order valence-corrected chi connectivity index (χ2v) is 9.53. The van der Waals surface area contributed by atoms with Gasteiger partial charge in [-0.15, -0.1) is 11.3 Å². The number of sulfonamides is 1. The number of piperidine rings is 1. The zero-order chi connectivity index (χ0) is 17.0. The van der Waals surface area contributed by atoms with Crippen LogP contribution in [0.4, 0.5) is 0 Å². The maximum atomic E-state index is 12.3. The molecule has 130 valence electrons. The molecule has 0 spiro atoms. The Hall–Kier alpha value is -0.730. The molecule has 1 fully saturated rings. The summed E-state index contributed by atoms with van der Waals surface area (Å²) in [5.74, 6) is 0.665. The first-order valence-corrected chi connectivity index (χ1v) is 11.2. The van der Waals surface area contributed by atoms with Crippen LogP contribution in [0.3, 0.4) is 0 Å². The molecule has 0 atom stereocenters. The van der Waals surface area contributed by atoms with E-state index in [1.807, 2.05) is 11.3 Å². The van der Waals surface area contributed by atoms with E-state index in [1.165, 1.54) is 4.88 Å². The molecule has 0 aliphatic carbocycles. The lowest BCUT2D eigenvalue weighted by Crippen LogP contribution is -2.39. The normalized spacial score (nSPS) is 17.2. The highest BCUT2D eigenvalue weighted by molar-refractivity contribution is 9.10. The Bertz CT molecular complexity index is 755. The lowest BCUT2D eigenvalue weighted by atomic mass is 9.95. The zero-order valence-corrected chi connectivity index (χ0v) is 16.5. The van der Waals surface area contributed by atoms with Gasteiger partial charge in [-0.2, -0.15) is 0 Å². The molecule has 24 heavy (non-hydrogen) atoms. The fourth-order valence-corrected chi connectivity index (χ4v) is 5.96. The predicted molar refractivity (Wildman–Crippen MR) is 102 cm³/mol. The van der Waals surface area contributed by atoms with Crippen LogP contribution < -0.4 is 4.72 Å². The molecule has 1 aliphatic rings. The van der Waals surface area contributed by atoms with E-state index in [0.29, 0.717) is 21.8 Å². The minimum Gasteiger partial charge on any atom is -0.302 e. The molecule has 0 radical (unpaired) electrons. The summed E-state index contributed by atoms with van der Waals surface area (Å²) in [6.07, 6.45) is 2.30. The average Bonchev–Trinajstić information content (AvgIpc) is 3.10. The van der Waals surface area contributed by atoms with Crippen molar-refractivity contribution in [2.45, 2.75) is 23.7 Å². The molecule has 1 saturated heterocycles. The fourth-order valence-electron chi connectivity index (χ4n) is 3.04. The smallest absolute Gasteiger partial charge is 0.241 e. The lowest BCUT2D eigenvalue weighted by Gasteiger charge is -2.31. The van der Waals surface area contributed by atoms with Gasteiger partial charge >= 0.3 is 0 Å². The number of thiophene rings is 1. The van der Waals surface area contributed by atoms with Gasteiger partial charge in [-0.25, -0.2) is 13.1 Å². The summed E-state index contributed by atoms with van der Waals surface area (Å²) in [5, 5.41) is 2.14. The van der Waals surface area contributed by atoms with Gasteiger partial charge in [0.2, 0.25) is 10.0 Å². The number of halogens is 1. The van der Waals surface area contributed by atoms with E-state index in [2.05, 4.69) is 43.1 Å². The summed E-state index contributed by atoms with van der Waals surface area (Å²) in [7, 11) is -3.46. The van der Waals surface area contributed by atoms with Crippen LogP contribution in [0, 0.1) is 0 Å². The van der Waals surface area contributed by atoms with Gasteiger partial charge in [0.1, 0.15) is 0 Å². The van der Waals surface area contributed by atoms with Crippen LogP contribution in [-0.4, -0.2) is 39.5 Å². The molecular formula is C17H21BrN2O2S2. The van der Waals surface area contributed by atoms with Gasteiger partial charge in [-0.05, 0) is 71.4 Å². The van der Waals surface area contributed by atoms with Crippen LogP contribution in [0.5, 0.6) is 0 Å². The number of hydrogen-bond donors (Lipinski definition) is 1. The van der Waals surface area contributed by atoms with Gasteiger partial charge in [-0.1, -0.05) is 18.2 Å². The maximum Gasteiger partial charge on any atom is 0.241 e. The van der Waals surface area contributed by atoms with Gasteiger partial charge in [0, 0.05) is 22.4 Å². The highest BCUT2D eigenvalue weighted by Crippen LogP contribution is 2.30. The minimum atomic E-state index is -3.46. The molecule has 4 nitrogen and oxygen atoms in total. The third kappa shape index (κ3) is 4.46. The first-order chi connectivity index (χ1) is 11.6. The summed E-state index contributed by atoms with van der Waals surface area (Å²) in [6, 6.07) is 11.2. The topological polar surface area (TPSA) is 49.4 Å². The van der Waals surface area contributed by atoms with Crippen molar-refractivity contribution >= 4 is 37.3 Å². The van der Waals surface area contributed by atoms with Crippen molar-refractivity contribution in [3.63, 3.8) is 0 Å². The van der Waals surface area contributed by atoms with Crippen molar-refractivity contribution in [1.82, 2.24) is 9.62 Å². The molecule has 0 saturated carbocycles. The second-order valence-electron chi connectivity index (χ2n) is 5.96. The quantitative estimate of drug-likeness (QED) is 0.763. The first-order valence-electron chi connectivity index (χ1n) is 8.06. The largest absolute Gasteiger partial charge is 0.302 e. The van der Waals surface area contributed by atoms with Gasteiger partial charge in [0.05, 0.1) is 4.90 Å². The van der Waals surface area contributed by atoms with E-state index in [1.54, 1.807) is 24.3 Å². The van der Waals surface area contributed by atoms with E-state index < -0.39 is 10.0 Å². The number of nitrogens with one attached hydrogen (secondary N) is 1. The Kier molecular flexibility index (Phi) is 6.10. The Balaban J connectivity index is 1.47. The molecule has 0 unspecified atom stereocenters. The molecule has 2 heterocycles. The van der Waals surface area contributed by atoms with E-state index in [-0.39, 0.29) is 0 Å². The van der Waals surface area contributed by atoms with Crippen LogP contribution in [0.25, 0.3) is 0 Å². The van der Waals surface area contributed by atoms with Crippen molar-refractivity contribution in [1.29, 1.82) is 0 Å². The second kappa shape index (κ2) is 8.10. The number of benzene rings is 1. The highest BCUT2D eigenvalue weighted by Gasteiger charge is 2.22. The third-order valence-corrected chi connectivity index (χ3v) is 7.89. The lowest BCUT2D eigenvalue weighted by molar-refractivity contribution is 0.217. The SMILES string of the molecule is O=S(=O)(NCCN1CCC(c2cccs2)CC1)c1ccccc1Br. The van der Waals surface area contributed by atoms with E-state index >= 15 is 0 Å². The number of nitrogens with zero attached hydrogens (tertiary/aromatic N) is 1. The van der Waals surface area contributed by atoms with Gasteiger partial charge in [0.15, 0.2) is 0 Å². The minimum absolute atomic E-state index is 0.293. The van der Waals surface area contributed by atoms with Crippen LogP contribution in [-0.2, 0) is 10.0 Å². The number of likely N-dealkylation sites (tertiary alicyclic amines) is 1. The van der Waals surface area contributed by atoms with Crippen LogP contribution in [0.15, 0.2) is 51.1 Å². The van der Waals surface area contributed by atoms with Crippen LogP contribution in [0.2, 0.25) is 0 Å². The third-order valence-electron chi connectivity index (χ3n) is 4.38. The summed E-state index contributed by atoms with van der Waals surface area (Å²) in [6.45, 7) is 3.24. The van der Waals surface area contributed by atoms with E-state index in [4.69, 9.17) is 0 Å². The standard InChI is InChI=1S/C17H21BrN2O2S2/c18-15-4-1-2-6-17(15)24(21,22)19-9-12-20-10-7-14(8-11-20)16-5-3-13-23-16/h1-6,13-14,19H,7-12H2. The Morgan fingerprint density at radius 3 is 2.58 bits per heavy atom. The molecule has 0 amide bonds. The summed E-state index contributed by atoms with van der Waals surface area (Å²) < 4.78 is 28.0. The molecule has 0 bridgehead atoms. The molecule has 1 aromatic carbocycles. The summed E-state index contributed by atoms with van der Waals surface area (Å²) in [5.41, 5.74) is 0. The molecule has 3 rings (SSSR count). The van der Waals surface area contributed by atoms with Crippen molar-refractivity contribution in [2.24, 2.45) is 0 Å². The molecule has 2 aromatic rings. The van der Waals surface area contributed by atoms with Crippen LogP contribution in [0.1, 0.15) is 23.6 Å². The zero-order valence-electron chi connectivity index (χ0n) is 13.3. The van der Waals surface area contributed by atoms with Gasteiger partial charge < -0.3 is 4.90 Å². The average molecular weight is 429 g/mol. The summed E-state index contributed by atoms with van der Waals surface area (Å²) >= 11 is 5.13. The fraction of sp³-hybridized carbons (Fsp3) is 0.412. The summed E-state index contributed by atoms with van der Waals surface area (Å²) in [4.78, 5) is 4.11. The van der Waals surface area contributed by atoms with Crippen molar-refractivity contribution in [2.75, 3.05) is 26.2 Å². The highest BCUT2D eigenvalue weighted by atomic mass is 79.9. The first kappa shape index (κ1) is 18.1. The van der Waals surface area contributed by atoms with Crippen LogP contribution >= 0.6 is 27.3 Å². The molecular weight excluding hydrogens is 408 g/mol. The Morgan fingerprint density at radius 1 is 1.17 bits per heavy atom. The monoisotopic (exact) mass is 428 g/mol. The van der Waals surface area contributed by atoms with E-state index in [0.717, 1.165) is 32.5 Å². The molecule has 7 heteroatoms. The number of rotatable bonds is 6. The van der Waals surface area contributed by atoms with E-state index in [9.17, 15) is 8.42 Å². The van der Waals surface area contributed by atoms with Gasteiger partial charge in [-0.3, -0.25) is 0 Å². The number of hydrogen-bond acceptors (Lipinski definition) is 4. The molecule has 1 aromatic heterocycles. The molecule has 1 aliphatic heterocycles. The van der Waals surface area contributed by atoms with Crippen molar-refractivity contribution in [3.05, 3.63) is 51.1 Å². The van der Waals surface area contributed by atoms with Crippen molar-refractivity contribution < 1.29 is 8.42 Å². The predicted octanol–water partition coefficient (Wildman–Crippen LogP) is 3.67. The van der Waals surface area contributed by atoms with Gasteiger partial charge in [0.25, 0.3) is 0 Å².